The highest BCUT2D eigenvalue weighted by atomic mass is 32.2. The summed E-state index contributed by atoms with van der Waals surface area (Å²) in [6.45, 7) is 4.81. The van der Waals surface area contributed by atoms with Crippen LogP contribution in [0.2, 0.25) is 0 Å². The molecule has 7 heteroatoms. The van der Waals surface area contributed by atoms with Gasteiger partial charge in [0.05, 0.1) is 22.9 Å². The molecule has 0 atom stereocenters. The van der Waals surface area contributed by atoms with E-state index in [-0.39, 0.29) is 5.91 Å². The first-order chi connectivity index (χ1) is 17.2. The lowest BCUT2D eigenvalue weighted by atomic mass is 10.1. The number of thioether (sulfide) groups is 1. The lowest BCUT2D eigenvalue weighted by Gasteiger charge is -2.27. The normalized spacial score (nSPS) is 17.2. The van der Waals surface area contributed by atoms with Gasteiger partial charge in [-0.15, -0.1) is 0 Å². The number of aromatic nitrogens is 2. The molecule has 0 saturated carbocycles. The third-order valence-electron chi connectivity index (χ3n) is 6.18. The maximum atomic E-state index is 12.8. The Bertz CT molecular complexity index is 1230. The van der Waals surface area contributed by atoms with E-state index in [1.54, 1.807) is 0 Å². The number of nitrogens with zero attached hydrogens (tertiary/aromatic N) is 4. The van der Waals surface area contributed by atoms with Crippen molar-refractivity contribution in [1.29, 1.82) is 0 Å². The minimum atomic E-state index is -0.173. The van der Waals surface area contributed by atoms with Gasteiger partial charge in [0.15, 0.2) is 5.17 Å². The van der Waals surface area contributed by atoms with Crippen LogP contribution in [0.3, 0.4) is 0 Å². The smallest absolute Gasteiger partial charge is 0.286 e. The molecule has 2 aliphatic heterocycles. The fourth-order valence-electron chi connectivity index (χ4n) is 4.23. The Labute approximate surface area is 210 Å². The van der Waals surface area contributed by atoms with Gasteiger partial charge in [-0.2, -0.15) is 10.1 Å². The molecule has 1 fully saturated rings. The molecule has 6 nitrogen and oxygen atoms in total. The Balaban J connectivity index is 1.45. The minimum Gasteiger partial charge on any atom is -0.494 e. The second kappa shape index (κ2) is 11.0. The van der Waals surface area contributed by atoms with Gasteiger partial charge in [-0.25, -0.2) is 4.68 Å². The zero-order valence-electron chi connectivity index (χ0n) is 20.0. The quantitative estimate of drug-likeness (QED) is 0.295. The van der Waals surface area contributed by atoms with Crippen molar-refractivity contribution in [3.8, 4) is 22.7 Å². The van der Waals surface area contributed by atoms with Crippen molar-refractivity contribution in [2.45, 2.75) is 39.0 Å². The monoisotopic (exact) mass is 486 g/mol. The summed E-state index contributed by atoms with van der Waals surface area (Å²) >= 11 is 1.47. The molecule has 3 heterocycles. The van der Waals surface area contributed by atoms with Gasteiger partial charge < -0.3 is 9.64 Å². The number of likely N-dealkylation sites (tertiary alicyclic amines) is 1. The number of benzene rings is 2. The molecular weight excluding hydrogens is 456 g/mol. The summed E-state index contributed by atoms with van der Waals surface area (Å²) in [5.41, 5.74) is 3.65. The first kappa shape index (κ1) is 23.4. The van der Waals surface area contributed by atoms with E-state index in [4.69, 9.17) is 9.84 Å². The number of ether oxygens (including phenoxy) is 1. The Morgan fingerprint density at radius 3 is 2.54 bits per heavy atom. The highest BCUT2D eigenvalue weighted by Crippen LogP contribution is 2.34. The standard InChI is InChI=1S/C28H30N4O2S/c1-2-3-18-34-24-14-12-21(13-15-24)26-22(20-32(30-26)23-10-6-4-7-11-23)19-25-27(33)29-28(35-25)31-16-8-5-9-17-31/h4,6-7,10-15,19-20H,2-3,5,8-9,16-18H2,1H3. The van der Waals surface area contributed by atoms with Gasteiger partial charge in [0.1, 0.15) is 5.75 Å². The lowest BCUT2D eigenvalue weighted by Crippen LogP contribution is -2.33. The number of para-hydroxylation sites is 1. The largest absolute Gasteiger partial charge is 0.494 e. The number of amides is 1. The Hall–Kier alpha value is -3.32. The summed E-state index contributed by atoms with van der Waals surface area (Å²) in [5, 5.41) is 5.72. The van der Waals surface area contributed by atoms with Gasteiger partial charge in [-0.05, 0) is 79.9 Å². The summed E-state index contributed by atoms with van der Waals surface area (Å²) in [6.07, 6.45) is 9.60. The molecule has 0 unspecified atom stereocenters. The number of carbonyl (C=O) groups is 1. The first-order valence-corrected chi connectivity index (χ1v) is 13.2. The lowest BCUT2D eigenvalue weighted by molar-refractivity contribution is -0.113. The van der Waals surface area contributed by atoms with Crippen molar-refractivity contribution in [3.05, 3.63) is 71.3 Å². The molecule has 35 heavy (non-hydrogen) atoms. The van der Waals surface area contributed by atoms with Crippen LogP contribution in [-0.4, -0.2) is 45.5 Å². The van der Waals surface area contributed by atoms with Crippen LogP contribution < -0.4 is 4.74 Å². The van der Waals surface area contributed by atoms with Crippen LogP contribution in [0.5, 0.6) is 5.75 Å². The van der Waals surface area contributed by atoms with Crippen LogP contribution in [0.15, 0.2) is 70.7 Å². The van der Waals surface area contributed by atoms with Crippen molar-refractivity contribution in [2.75, 3.05) is 19.7 Å². The van der Waals surface area contributed by atoms with Crippen molar-refractivity contribution in [1.82, 2.24) is 14.7 Å². The molecule has 1 amide bonds. The SMILES string of the molecule is CCCCOc1ccc(-c2nn(-c3ccccc3)cc2C=C2SC(N3CCCCC3)=NC2=O)cc1. The third-order valence-corrected chi connectivity index (χ3v) is 7.22. The average molecular weight is 487 g/mol. The molecule has 1 aromatic heterocycles. The summed E-state index contributed by atoms with van der Waals surface area (Å²) < 4.78 is 7.69. The first-order valence-electron chi connectivity index (χ1n) is 12.4. The van der Waals surface area contributed by atoms with E-state index < -0.39 is 0 Å². The molecule has 2 aliphatic rings. The van der Waals surface area contributed by atoms with Gasteiger partial charge in [-0.1, -0.05) is 31.5 Å². The van der Waals surface area contributed by atoms with Gasteiger partial charge in [0.25, 0.3) is 5.91 Å². The number of amidine groups is 1. The molecule has 1 saturated heterocycles. The fourth-order valence-corrected chi connectivity index (χ4v) is 5.19. The highest BCUT2D eigenvalue weighted by Gasteiger charge is 2.27. The zero-order chi connectivity index (χ0) is 24.0. The molecule has 0 N–H and O–H groups in total. The Morgan fingerprint density at radius 2 is 1.80 bits per heavy atom. The summed E-state index contributed by atoms with van der Waals surface area (Å²) in [6, 6.07) is 18.0. The number of aliphatic imine (C=N–C) groups is 1. The molecule has 0 aliphatic carbocycles. The predicted molar refractivity (Wildman–Crippen MR) is 143 cm³/mol. The molecule has 3 aromatic rings. The predicted octanol–water partition coefficient (Wildman–Crippen LogP) is 6.17. The Kier molecular flexibility index (Phi) is 7.33. The molecule has 0 radical (unpaired) electrons. The second-order valence-electron chi connectivity index (χ2n) is 8.80. The molecule has 180 valence electrons. The number of hydrogen-bond acceptors (Lipinski definition) is 5. The summed E-state index contributed by atoms with van der Waals surface area (Å²) in [7, 11) is 0. The van der Waals surface area contributed by atoms with E-state index in [1.807, 2.05) is 71.6 Å². The summed E-state index contributed by atoms with van der Waals surface area (Å²) in [4.78, 5) is 20.0. The van der Waals surface area contributed by atoms with Crippen molar-refractivity contribution in [2.24, 2.45) is 4.99 Å². The zero-order valence-corrected chi connectivity index (χ0v) is 20.8. The second-order valence-corrected chi connectivity index (χ2v) is 9.81. The molecule has 0 spiro atoms. The maximum Gasteiger partial charge on any atom is 0.286 e. The van der Waals surface area contributed by atoms with Crippen LogP contribution in [0, 0.1) is 0 Å². The van der Waals surface area contributed by atoms with E-state index in [0.717, 1.165) is 72.2 Å². The van der Waals surface area contributed by atoms with Crippen molar-refractivity contribution >= 4 is 28.9 Å². The number of piperidine rings is 1. The van der Waals surface area contributed by atoms with Crippen LogP contribution in [0.25, 0.3) is 23.0 Å². The number of unbranched alkanes of at least 4 members (excludes halogenated alkanes) is 1. The highest BCUT2D eigenvalue weighted by molar-refractivity contribution is 8.18. The van der Waals surface area contributed by atoms with Crippen LogP contribution in [0.4, 0.5) is 0 Å². The number of rotatable bonds is 7. The van der Waals surface area contributed by atoms with Crippen LogP contribution >= 0.6 is 11.8 Å². The Morgan fingerprint density at radius 1 is 1.03 bits per heavy atom. The van der Waals surface area contributed by atoms with Crippen LogP contribution in [-0.2, 0) is 4.79 Å². The van der Waals surface area contributed by atoms with Gasteiger partial charge >= 0.3 is 0 Å². The van der Waals surface area contributed by atoms with E-state index >= 15 is 0 Å². The van der Waals surface area contributed by atoms with E-state index in [2.05, 4.69) is 16.8 Å². The van der Waals surface area contributed by atoms with Gasteiger partial charge in [0, 0.05) is 30.4 Å². The number of hydrogen-bond donors (Lipinski definition) is 0. The maximum absolute atomic E-state index is 12.8. The molecule has 5 rings (SSSR count). The average Bonchev–Trinajstić information content (AvgIpc) is 3.49. The van der Waals surface area contributed by atoms with E-state index in [0.29, 0.717) is 11.5 Å². The third kappa shape index (κ3) is 5.51. The molecule has 2 aromatic carbocycles. The van der Waals surface area contributed by atoms with E-state index in [9.17, 15) is 4.79 Å². The van der Waals surface area contributed by atoms with Crippen molar-refractivity contribution < 1.29 is 9.53 Å². The minimum absolute atomic E-state index is 0.173. The van der Waals surface area contributed by atoms with E-state index in [1.165, 1.54) is 18.2 Å². The topological polar surface area (TPSA) is 59.7 Å². The van der Waals surface area contributed by atoms with Crippen molar-refractivity contribution in [3.63, 3.8) is 0 Å². The van der Waals surface area contributed by atoms with Gasteiger partial charge in [-0.3, -0.25) is 4.79 Å². The fraction of sp³-hybridized carbons (Fsp3) is 0.321. The number of carbonyl (C=O) groups excluding carboxylic acids is 1. The summed E-state index contributed by atoms with van der Waals surface area (Å²) in [5.74, 6) is 0.680. The van der Waals surface area contributed by atoms with Crippen LogP contribution in [0.1, 0.15) is 44.6 Å². The molecule has 0 bridgehead atoms. The van der Waals surface area contributed by atoms with Gasteiger partial charge in [0.2, 0.25) is 0 Å². The molecular formula is C28H30N4O2S.